The number of amides is 2. The average molecular weight is 358 g/mol. The van der Waals surface area contributed by atoms with Crippen LogP contribution >= 0.6 is 0 Å². The Hall–Kier alpha value is -3.41. The number of carbonyl (C=O) groups is 2. The van der Waals surface area contributed by atoms with Crippen LogP contribution in [0.4, 0.5) is 11.4 Å². The Bertz CT molecular complexity index is 1060. The molecule has 6 nitrogen and oxygen atoms in total. The first kappa shape index (κ1) is 15.8. The fraction of sp³-hybridized carbons (Fsp3) is 0.190. The average Bonchev–Trinajstić information content (AvgIpc) is 3.12. The second kappa shape index (κ2) is 6.09. The fourth-order valence-electron chi connectivity index (χ4n) is 3.95. The summed E-state index contributed by atoms with van der Waals surface area (Å²) in [6.45, 7) is 0.606. The van der Waals surface area contributed by atoms with Gasteiger partial charge in [-0.15, -0.1) is 0 Å². The van der Waals surface area contributed by atoms with Gasteiger partial charge in [0.15, 0.2) is 0 Å². The van der Waals surface area contributed by atoms with Crippen molar-refractivity contribution in [2.24, 2.45) is 0 Å². The van der Waals surface area contributed by atoms with Crippen molar-refractivity contribution >= 4 is 34.1 Å². The molecule has 2 aliphatic rings. The summed E-state index contributed by atoms with van der Waals surface area (Å²) in [5.74, 6) is -0.228. The molecule has 5 rings (SSSR count). The Morgan fingerprint density at radius 1 is 1.07 bits per heavy atom. The third-order valence-electron chi connectivity index (χ3n) is 5.24. The number of pyridine rings is 1. The number of fused-ring (bicyclic) bond motifs is 4. The van der Waals surface area contributed by atoms with E-state index in [0.29, 0.717) is 18.7 Å². The Labute approximate surface area is 156 Å². The highest BCUT2D eigenvalue weighted by molar-refractivity contribution is 6.04. The minimum absolute atomic E-state index is 0.0192. The number of nitrogens with zero attached hydrogens (tertiary/aromatic N) is 2. The van der Waals surface area contributed by atoms with Gasteiger partial charge >= 0.3 is 0 Å². The molecule has 27 heavy (non-hydrogen) atoms. The largest absolute Gasteiger partial charge is 0.356 e. The van der Waals surface area contributed by atoms with E-state index in [1.165, 1.54) is 0 Å². The van der Waals surface area contributed by atoms with E-state index >= 15 is 0 Å². The van der Waals surface area contributed by atoms with Crippen LogP contribution in [0.25, 0.3) is 10.9 Å². The highest BCUT2D eigenvalue weighted by atomic mass is 16.2. The molecule has 2 amide bonds. The molecule has 134 valence electrons. The highest BCUT2D eigenvalue weighted by Crippen LogP contribution is 2.36. The van der Waals surface area contributed by atoms with Gasteiger partial charge in [-0.1, -0.05) is 36.4 Å². The Morgan fingerprint density at radius 2 is 1.89 bits per heavy atom. The lowest BCUT2D eigenvalue weighted by Gasteiger charge is -2.32. The molecule has 0 spiro atoms. The second-order valence-electron chi connectivity index (χ2n) is 6.97. The summed E-state index contributed by atoms with van der Waals surface area (Å²) in [5, 5.41) is 7.00. The van der Waals surface area contributed by atoms with Gasteiger partial charge in [0.25, 0.3) is 5.91 Å². The van der Waals surface area contributed by atoms with Crippen molar-refractivity contribution < 1.29 is 9.59 Å². The van der Waals surface area contributed by atoms with Crippen molar-refractivity contribution in [2.45, 2.75) is 18.5 Å². The van der Waals surface area contributed by atoms with Gasteiger partial charge in [-0.25, -0.2) is 4.98 Å². The van der Waals surface area contributed by atoms with Crippen molar-refractivity contribution in [2.75, 3.05) is 16.8 Å². The molecular weight excluding hydrogens is 340 g/mol. The van der Waals surface area contributed by atoms with E-state index in [0.717, 1.165) is 22.3 Å². The van der Waals surface area contributed by atoms with Crippen LogP contribution < -0.4 is 15.5 Å². The molecule has 2 unspecified atom stereocenters. The van der Waals surface area contributed by atoms with Crippen molar-refractivity contribution in [1.82, 2.24) is 10.3 Å². The van der Waals surface area contributed by atoms with Crippen LogP contribution in [0.2, 0.25) is 0 Å². The summed E-state index contributed by atoms with van der Waals surface area (Å²) >= 11 is 0. The molecule has 3 heterocycles. The summed E-state index contributed by atoms with van der Waals surface area (Å²) in [6, 6.07) is 18.7. The zero-order valence-electron chi connectivity index (χ0n) is 14.6. The monoisotopic (exact) mass is 358 g/mol. The van der Waals surface area contributed by atoms with E-state index < -0.39 is 0 Å². The molecule has 2 aliphatic heterocycles. The quantitative estimate of drug-likeness (QED) is 0.738. The number of hydrogen-bond donors (Lipinski definition) is 2. The first-order chi connectivity index (χ1) is 13.2. The van der Waals surface area contributed by atoms with Crippen molar-refractivity contribution in [3.8, 4) is 0 Å². The molecule has 3 aromatic rings. The zero-order chi connectivity index (χ0) is 18.4. The van der Waals surface area contributed by atoms with E-state index in [1.807, 2.05) is 54.6 Å². The van der Waals surface area contributed by atoms with Crippen LogP contribution in [0.1, 0.15) is 16.9 Å². The Kier molecular flexibility index (Phi) is 3.57. The molecule has 1 saturated heterocycles. The molecule has 0 saturated carbocycles. The number of nitrogens with one attached hydrogen (secondary N) is 2. The summed E-state index contributed by atoms with van der Waals surface area (Å²) in [7, 11) is 0. The predicted molar refractivity (Wildman–Crippen MR) is 104 cm³/mol. The fourth-order valence-corrected chi connectivity index (χ4v) is 3.95. The van der Waals surface area contributed by atoms with Gasteiger partial charge in [0.1, 0.15) is 11.7 Å². The van der Waals surface area contributed by atoms with E-state index in [4.69, 9.17) is 0 Å². The van der Waals surface area contributed by atoms with Gasteiger partial charge in [0, 0.05) is 18.0 Å². The summed E-state index contributed by atoms with van der Waals surface area (Å²) < 4.78 is 0. The topological polar surface area (TPSA) is 74.3 Å². The van der Waals surface area contributed by atoms with E-state index in [1.54, 1.807) is 6.07 Å². The molecule has 1 aromatic heterocycles. The number of anilines is 2. The molecule has 0 radical (unpaired) electrons. The molecular formula is C21H18N4O2. The predicted octanol–water partition coefficient (Wildman–Crippen LogP) is 2.56. The van der Waals surface area contributed by atoms with Gasteiger partial charge in [-0.05, 0) is 30.7 Å². The maximum absolute atomic E-state index is 12.7. The van der Waals surface area contributed by atoms with Crippen LogP contribution in [0, 0.1) is 0 Å². The van der Waals surface area contributed by atoms with Gasteiger partial charge < -0.3 is 15.5 Å². The first-order valence-corrected chi connectivity index (χ1v) is 9.02. The second-order valence-corrected chi connectivity index (χ2v) is 6.97. The molecule has 2 aromatic carbocycles. The number of aromatic nitrogens is 1. The van der Waals surface area contributed by atoms with Gasteiger partial charge in [0.2, 0.25) is 5.91 Å². The lowest BCUT2D eigenvalue weighted by Crippen LogP contribution is -2.44. The summed E-state index contributed by atoms with van der Waals surface area (Å²) in [4.78, 5) is 31.6. The van der Waals surface area contributed by atoms with Crippen LogP contribution in [-0.4, -0.2) is 35.4 Å². The Balaban J connectivity index is 1.36. The van der Waals surface area contributed by atoms with E-state index in [2.05, 4.69) is 20.5 Å². The third-order valence-corrected chi connectivity index (χ3v) is 5.24. The van der Waals surface area contributed by atoms with Crippen molar-refractivity contribution in [3.63, 3.8) is 0 Å². The van der Waals surface area contributed by atoms with Gasteiger partial charge in [0.05, 0.1) is 16.9 Å². The zero-order valence-corrected chi connectivity index (χ0v) is 14.6. The van der Waals surface area contributed by atoms with Crippen LogP contribution in [-0.2, 0) is 4.79 Å². The maximum Gasteiger partial charge on any atom is 0.270 e. The third kappa shape index (κ3) is 2.70. The van der Waals surface area contributed by atoms with Crippen LogP contribution in [0.5, 0.6) is 0 Å². The number of carbonyl (C=O) groups excluding carboxylic acids is 2. The summed E-state index contributed by atoms with van der Waals surface area (Å²) in [5.41, 5.74) is 3.01. The number of hydrogen-bond acceptors (Lipinski definition) is 4. The molecule has 2 atom stereocenters. The molecule has 6 heteroatoms. The van der Waals surface area contributed by atoms with E-state index in [-0.39, 0.29) is 23.9 Å². The first-order valence-electron chi connectivity index (χ1n) is 9.02. The smallest absolute Gasteiger partial charge is 0.270 e. The van der Waals surface area contributed by atoms with Crippen molar-refractivity contribution in [1.29, 1.82) is 0 Å². The minimum Gasteiger partial charge on any atom is -0.356 e. The minimum atomic E-state index is -0.255. The van der Waals surface area contributed by atoms with E-state index in [9.17, 15) is 9.59 Å². The number of para-hydroxylation sites is 3. The van der Waals surface area contributed by atoms with Gasteiger partial charge in [-0.3, -0.25) is 9.59 Å². The SMILES string of the molecule is O=C(NC1CC2C(=O)Nc3ccccc3N2C1)c1ccc2ccccc2n1. The Morgan fingerprint density at radius 3 is 2.81 bits per heavy atom. The van der Waals surface area contributed by atoms with Crippen LogP contribution in [0.15, 0.2) is 60.7 Å². The standard InChI is InChI=1S/C21H18N4O2/c26-20(17-10-9-13-5-1-2-6-15(13)23-17)22-14-11-19-21(27)24-16-7-3-4-8-18(16)25(19)12-14/h1-10,14,19H,11-12H2,(H,22,26)(H,24,27). The molecule has 1 fully saturated rings. The van der Waals surface area contributed by atoms with Gasteiger partial charge in [-0.2, -0.15) is 0 Å². The van der Waals surface area contributed by atoms with Crippen molar-refractivity contribution in [3.05, 3.63) is 66.4 Å². The number of benzene rings is 2. The molecule has 0 aliphatic carbocycles. The summed E-state index contributed by atoms with van der Waals surface area (Å²) in [6.07, 6.45) is 0.583. The maximum atomic E-state index is 12.7. The lowest BCUT2D eigenvalue weighted by molar-refractivity contribution is -0.117. The number of rotatable bonds is 2. The normalized spacial score (nSPS) is 20.7. The molecule has 2 N–H and O–H groups in total. The van der Waals surface area contributed by atoms with Crippen LogP contribution in [0.3, 0.4) is 0 Å². The lowest BCUT2D eigenvalue weighted by atomic mass is 10.1. The molecule has 0 bridgehead atoms. The highest BCUT2D eigenvalue weighted by Gasteiger charge is 2.41.